The topological polar surface area (TPSA) is 96.5 Å². The molecule has 0 aliphatic heterocycles. The van der Waals surface area contributed by atoms with Crippen molar-refractivity contribution < 1.29 is 19.1 Å². The van der Waals surface area contributed by atoms with E-state index in [9.17, 15) is 14.4 Å². The number of carbonyl (C=O) groups excluding carboxylic acids is 3. The lowest BCUT2D eigenvalue weighted by molar-refractivity contribution is -0.116. The van der Waals surface area contributed by atoms with Crippen LogP contribution in [0.2, 0.25) is 0 Å². The summed E-state index contributed by atoms with van der Waals surface area (Å²) in [4.78, 5) is 36.4. The van der Waals surface area contributed by atoms with Gasteiger partial charge in [-0.2, -0.15) is 0 Å². The van der Waals surface area contributed by atoms with E-state index in [1.54, 1.807) is 42.5 Å². The molecule has 0 atom stereocenters. The Balaban J connectivity index is 1.54. The van der Waals surface area contributed by atoms with Crippen molar-refractivity contribution in [3.8, 4) is 0 Å². The fourth-order valence-electron chi connectivity index (χ4n) is 3.04. The molecule has 0 spiro atoms. The van der Waals surface area contributed by atoms with Gasteiger partial charge in [0.05, 0.1) is 12.7 Å². The fraction of sp³-hybridized carbons (Fsp3) is 0.120. The number of benzene rings is 3. The molecule has 0 fully saturated rings. The number of ether oxygens (including phenoxy) is 1. The van der Waals surface area contributed by atoms with Crippen LogP contribution in [-0.2, 0) is 16.0 Å². The minimum Gasteiger partial charge on any atom is -0.465 e. The van der Waals surface area contributed by atoms with Gasteiger partial charge in [-0.3, -0.25) is 14.9 Å². The van der Waals surface area contributed by atoms with Gasteiger partial charge in [0, 0.05) is 23.4 Å². The maximum atomic E-state index is 12.5. The van der Waals surface area contributed by atoms with Crippen LogP contribution in [0.4, 0.5) is 11.4 Å². The normalized spacial score (nSPS) is 10.1. The third-order valence-corrected chi connectivity index (χ3v) is 4.86. The molecule has 7 nitrogen and oxygen atoms in total. The monoisotopic (exact) mass is 461 g/mol. The van der Waals surface area contributed by atoms with Gasteiger partial charge in [-0.05, 0) is 60.6 Å². The Kier molecular flexibility index (Phi) is 8.26. The first kappa shape index (κ1) is 23.6. The van der Waals surface area contributed by atoms with Crippen LogP contribution in [0.1, 0.15) is 32.7 Å². The molecule has 0 aliphatic carbocycles. The summed E-state index contributed by atoms with van der Waals surface area (Å²) in [6, 6.07) is 22.9. The van der Waals surface area contributed by atoms with Gasteiger partial charge in [-0.25, -0.2) is 4.79 Å². The highest BCUT2D eigenvalue weighted by Gasteiger charge is 2.12. The molecule has 33 heavy (non-hydrogen) atoms. The van der Waals surface area contributed by atoms with E-state index in [2.05, 4.69) is 20.7 Å². The highest BCUT2D eigenvalue weighted by atomic mass is 32.1. The van der Waals surface area contributed by atoms with E-state index in [4.69, 9.17) is 12.2 Å². The lowest BCUT2D eigenvalue weighted by Crippen LogP contribution is -2.34. The van der Waals surface area contributed by atoms with Crippen molar-refractivity contribution >= 4 is 46.5 Å². The molecule has 8 heteroatoms. The summed E-state index contributed by atoms with van der Waals surface area (Å²) in [6.07, 6.45) is 1.01. The van der Waals surface area contributed by atoms with Crippen molar-refractivity contribution in [2.45, 2.75) is 12.8 Å². The number of esters is 1. The molecule has 2 amide bonds. The number of nitrogens with one attached hydrogen (secondary N) is 3. The molecule has 3 aromatic rings. The van der Waals surface area contributed by atoms with E-state index in [0.29, 0.717) is 24.2 Å². The summed E-state index contributed by atoms with van der Waals surface area (Å²) in [5, 5.41) is 8.43. The average Bonchev–Trinajstić information content (AvgIpc) is 2.83. The molecule has 0 heterocycles. The Bertz CT molecular complexity index is 1170. The molecule has 168 valence electrons. The van der Waals surface area contributed by atoms with Crippen LogP contribution < -0.4 is 16.0 Å². The standard InChI is InChI=1S/C25H23N3O4S/c1-32-24(31)19-10-5-9-18(15-19)23(30)28-25(33)27-21-12-6-11-20(16-21)26-22(29)14-13-17-7-3-2-4-8-17/h2-12,15-16H,13-14H2,1H3,(H,26,29)(H2,27,28,30,33). The summed E-state index contributed by atoms with van der Waals surface area (Å²) < 4.78 is 4.67. The summed E-state index contributed by atoms with van der Waals surface area (Å²) in [5.74, 6) is -1.10. The minimum atomic E-state index is -0.534. The van der Waals surface area contributed by atoms with E-state index in [0.717, 1.165) is 5.56 Å². The van der Waals surface area contributed by atoms with Crippen LogP contribution in [0.15, 0.2) is 78.9 Å². The molecule has 0 saturated heterocycles. The lowest BCUT2D eigenvalue weighted by atomic mass is 10.1. The second-order valence-electron chi connectivity index (χ2n) is 7.10. The molecule has 0 aromatic heterocycles. The molecular formula is C25H23N3O4S. The minimum absolute atomic E-state index is 0.0797. The van der Waals surface area contributed by atoms with E-state index >= 15 is 0 Å². The SMILES string of the molecule is COC(=O)c1cccc(C(=O)NC(=S)Nc2cccc(NC(=O)CCc3ccccc3)c2)c1. The largest absolute Gasteiger partial charge is 0.465 e. The number of hydrogen-bond acceptors (Lipinski definition) is 5. The average molecular weight is 462 g/mol. The summed E-state index contributed by atoms with van der Waals surface area (Å²) >= 11 is 5.22. The molecule has 3 rings (SSSR count). The van der Waals surface area contributed by atoms with Crippen LogP contribution in [0, 0.1) is 0 Å². The Hall–Kier alpha value is -4.04. The van der Waals surface area contributed by atoms with Crippen molar-refractivity contribution in [2.75, 3.05) is 17.7 Å². The van der Waals surface area contributed by atoms with Crippen molar-refractivity contribution in [3.05, 3.63) is 95.6 Å². The van der Waals surface area contributed by atoms with Crippen molar-refractivity contribution in [1.82, 2.24) is 5.32 Å². The number of rotatable bonds is 7. The van der Waals surface area contributed by atoms with Gasteiger partial charge in [0.15, 0.2) is 5.11 Å². The number of hydrogen-bond donors (Lipinski definition) is 3. The second-order valence-corrected chi connectivity index (χ2v) is 7.50. The van der Waals surface area contributed by atoms with Gasteiger partial charge in [0.2, 0.25) is 5.91 Å². The van der Waals surface area contributed by atoms with E-state index in [1.165, 1.54) is 13.2 Å². The third-order valence-electron chi connectivity index (χ3n) is 4.66. The van der Waals surface area contributed by atoms with Gasteiger partial charge in [0.1, 0.15) is 0 Å². The maximum Gasteiger partial charge on any atom is 0.337 e. The first-order chi connectivity index (χ1) is 15.9. The van der Waals surface area contributed by atoms with Gasteiger partial charge < -0.3 is 15.4 Å². The highest BCUT2D eigenvalue weighted by Crippen LogP contribution is 2.16. The smallest absolute Gasteiger partial charge is 0.337 e. The Morgan fingerprint density at radius 1 is 0.818 bits per heavy atom. The molecule has 0 unspecified atom stereocenters. The van der Waals surface area contributed by atoms with Gasteiger partial charge in [-0.15, -0.1) is 0 Å². The molecular weight excluding hydrogens is 438 g/mol. The predicted octanol–water partition coefficient (Wildman–Crippen LogP) is 4.17. The van der Waals surface area contributed by atoms with E-state index < -0.39 is 11.9 Å². The van der Waals surface area contributed by atoms with Gasteiger partial charge in [0.25, 0.3) is 5.91 Å². The molecule has 0 radical (unpaired) electrons. The van der Waals surface area contributed by atoms with Crippen molar-refractivity contribution in [3.63, 3.8) is 0 Å². The number of thiocarbonyl (C=S) groups is 1. The summed E-state index contributed by atoms with van der Waals surface area (Å²) in [5.41, 5.74) is 2.84. The van der Waals surface area contributed by atoms with Crippen LogP contribution in [-0.4, -0.2) is 30.0 Å². The zero-order valence-electron chi connectivity index (χ0n) is 18.0. The number of amides is 2. The fourth-order valence-corrected chi connectivity index (χ4v) is 3.25. The predicted molar refractivity (Wildman–Crippen MR) is 131 cm³/mol. The quantitative estimate of drug-likeness (QED) is 0.361. The highest BCUT2D eigenvalue weighted by molar-refractivity contribution is 7.80. The third kappa shape index (κ3) is 7.26. The molecule has 0 saturated carbocycles. The number of anilines is 2. The van der Waals surface area contributed by atoms with Gasteiger partial charge >= 0.3 is 5.97 Å². The molecule has 3 aromatic carbocycles. The van der Waals surface area contributed by atoms with Crippen LogP contribution >= 0.6 is 12.2 Å². The summed E-state index contributed by atoms with van der Waals surface area (Å²) in [6.45, 7) is 0. The Morgan fingerprint density at radius 3 is 2.21 bits per heavy atom. The maximum absolute atomic E-state index is 12.5. The zero-order valence-corrected chi connectivity index (χ0v) is 18.8. The zero-order chi connectivity index (χ0) is 23.6. The molecule has 0 bridgehead atoms. The van der Waals surface area contributed by atoms with Crippen LogP contribution in [0.5, 0.6) is 0 Å². The van der Waals surface area contributed by atoms with Crippen molar-refractivity contribution in [1.29, 1.82) is 0 Å². The summed E-state index contributed by atoms with van der Waals surface area (Å²) in [7, 11) is 1.27. The first-order valence-corrected chi connectivity index (χ1v) is 10.6. The number of aryl methyl sites for hydroxylation is 1. The van der Waals surface area contributed by atoms with Crippen LogP contribution in [0.25, 0.3) is 0 Å². The second kappa shape index (κ2) is 11.5. The van der Waals surface area contributed by atoms with Gasteiger partial charge in [-0.1, -0.05) is 42.5 Å². The number of methoxy groups -OCH3 is 1. The number of carbonyl (C=O) groups is 3. The molecule has 0 aliphatic rings. The first-order valence-electron chi connectivity index (χ1n) is 10.2. The van der Waals surface area contributed by atoms with Crippen molar-refractivity contribution in [2.24, 2.45) is 0 Å². The molecule has 3 N–H and O–H groups in total. The Morgan fingerprint density at radius 2 is 1.48 bits per heavy atom. The van der Waals surface area contributed by atoms with E-state index in [1.807, 2.05) is 30.3 Å². The van der Waals surface area contributed by atoms with E-state index in [-0.39, 0.29) is 22.1 Å². The lowest BCUT2D eigenvalue weighted by Gasteiger charge is -2.12. The van der Waals surface area contributed by atoms with Crippen LogP contribution in [0.3, 0.4) is 0 Å². The Labute approximate surface area is 197 Å².